The number of rotatable bonds is 4. The normalized spacial score (nSPS) is 13.0. The summed E-state index contributed by atoms with van der Waals surface area (Å²) in [6.45, 7) is 0.725. The predicted octanol–water partition coefficient (Wildman–Crippen LogP) is 2.26. The average Bonchev–Trinajstić information content (AvgIpc) is 3.21. The van der Waals surface area contributed by atoms with E-state index in [4.69, 9.17) is 0 Å². The van der Waals surface area contributed by atoms with Gasteiger partial charge < -0.3 is 20.0 Å². The summed E-state index contributed by atoms with van der Waals surface area (Å²) >= 11 is 0. The molecule has 6 heteroatoms. The second kappa shape index (κ2) is 6.00. The molecule has 0 radical (unpaired) electrons. The Labute approximate surface area is 150 Å². The van der Waals surface area contributed by atoms with Crippen LogP contribution >= 0.6 is 0 Å². The molecule has 3 aromatic rings. The van der Waals surface area contributed by atoms with Gasteiger partial charge in [0.2, 0.25) is 5.78 Å². The molecule has 0 saturated carbocycles. The minimum absolute atomic E-state index is 0.134. The van der Waals surface area contributed by atoms with Crippen molar-refractivity contribution in [3.63, 3.8) is 0 Å². The van der Waals surface area contributed by atoms with Crippen LogP contribution in [0.25, 0.3) is 11.1 Å². The Hall–Kier alpha value is -3.12. The zero-order valence-electron chi connectivity index (χ0n) is 14.6. The van der Waals surface area contributed by atoms with Crippen LogP contribution in [0.15, 0.2) is 36.7 Å². The third-order valence-corrected chi connectivity index (χ3v) is 4.86. The number of likely N-dealkylation sites (N-methyl/N-ethyl adjacent to an activating group) is 1. The highest BCUT2D eigenvalue weighted by atomic mass is 16.3. The minimum atomic E-state index is -0.169. The average molecular weight is 349 g/mol. The molecule has 4 rings (SSSR count). The Kier molecular flexibility index (Phi) is 3.77. The number of nitrogens with one attached hydrogen (secondary N) is 2. The summed E-state index contributed by atoms with van der Waals surface area (Å²) in [6.07, 6.45) is 4.23. The van der Waals surface area contributed by atoms with Crippen LogP contribution in [0.2, 0.25) is 0 Å². The van der Waals surface area contributed by atoms with Crippen molar-refractivity contribution in [3.8, 4) is 16.9 Å². The quantitative estimate of drug-likeness (QED) is 0.527. The predicted molar refractivity (Wildman–Crippen MR) is 97.8 cm³/mol. The molecule has 1 aliphatic rings. The highest BCUT2D eigenvalue weighted by Gasteiger charge is 2.37. The molecular weight excluding hydrogens is 330 g/mol. The molecule has 6 nitrogen and oxygen atoms in total. The number of H-pyrrole nitrogens is 1. The van der Waals surface area contributed by atoms with Gasteiger partial charge in [-0.3, -0.25) is 9.59 Å². The molecule has 132 valence electrons. The van der Waals surface area contributed by atoms with Crippen molar-refractivity contribution < 1.29 is 14.7 Å². The van der Waals surface area contributed by atoms with Crippen molar-refractivity contribution >= 4 is 11.6 Å². The summed E-state index contributed by atoms with van der Waals surface area (Å²) in [5, 5.41) is 12.6. The maximum Gasteiger partial charge on any atom is 0.227 e. The molecule has 26 heavy (non-hydrogen) atoms. The van der Waals surface area contributed by atoms with Crippen molar-refractivity contribution in [1.29, 1.82) is 0 Å². The monoisotopic (exact) mass is 349 g/mol. The number of carbonyl (C=O) groups excluding carboxylic acids is 2. The van der Waals surface area contributed by atoms with E-state index in [1.165, 1.54) is 0 Å². The summed E-state index contributed by atoms with van der Waals surface area (Å²) in [7, 11) is 3.65. The smallest absolute Gasteiger partial charge is 0.227 e. The first-order valence-corrected chi connectivity index (χ1v) is 8.46. The fourth-order valence-corrected chi connectivity index (χ4v) is 3.62. The second-order valence-electron chi connectivity index (χ2n) is 6.50. The number of phenols is 1. The molecule has 1 aromatic carbocycles. The van der Waals surface area contributed by atoms with Crippen LogP contribution in [0.1, 0.15) is 37.7 Å². The van der Waals surface area contributed by atoms with E-state index in [0.717, 1.165) is 17.7 Å². The molecule has 0 unspecified atom stereocenters. The Morgan fingerprint density at radius 2 is 1.85 bits per heavy atom. The lowest BCUT2D eigenvalue weighted by atomic mass is 9.86. The Morgan fingerprint density at radius 1 is 1.12 bits per heavy atom. The number of nitrogens with zero attached hydrogens (tertiary/aromatic N) is 1. The van der Waals surface area contributed by atoms with Gasteiger partial charge in [0, 0.05) is 25.0 Å². The fraction of sp³-hybridized carbons (Fsp3) is 0.200. The van der Waals surface area contributed by atoms with Gasteiger partial charge in [0.05, 0.1) is 11.1 Å². The maximum absolute atomic E-state index is 13.3. The molecule has 2 heterocycles. The van der Waals surface area contributed by atoms with E-state index < -0.39 is 0 Å². The number of benzene rings is 1. The van der Waals surface area contributed by atoms with Crippen LogP contribution in [0.5, 0.6) is 5.75 Å². The van der Waals surface area contributed by atoms with Gasteiger partial charge in [-0.2, -0.15) is 0 Å². The van der Waals surface area contributed by atoms with Crippen LogP contribution in [0, 0.1) is 0 Å². The van der Waals surface area contributed by atoms with E-state index in [0.29, 0.717) is 34.5 Å². The van der Waals surface area contributed by atoms with Crippen LogP contribution < -0.4 is 5.32 Å². The number of hydrogen-bond donors (Lipinski definition) is 3. The van der Waals surface area contributed by atoms with Crippen molar-refractivity contribution in [1.82, 2.24) is 14.9 Å². The summed E-state index contributed by atoms with van der Waals surface area (Å²) < 4.78 is 1.74. The number of aromatic amines is 1. The lowest BCUT2D eigenvalue weighted by Crippen LogP contribution is -2.23. The summed E-state index contributed by atoms with van der Waals surface area (Å²) in [6, 6.07) is 6.60. The van der Waals surface area contributed by atoms with Crippen molar-refractivity contribution in [3.05, 3.63) is 64.7 Å². The molecule has 2 aromatic heterocycles. The topological polar surface area (TPSA) is 87.1 Å². The number of phenolic OH excluding ortho intramolecular Hbond substituents is 1. The van der Waals surface area contributed by atoms with Gasteiger partial charge in [-0.1, -0.05) is 12.1 Å². The fourth-order valence-electron chi connectivity index (χ4n) is 3.62. The van der Waals surface area contributed by atoms with E-state index in [9.17, 15) is 14.7 Å². The molecule has 3 N–H and O–H groups in total. The lowest BCUT2D eigenvalue weighted by molar-refractivity contribution is 0.0971. The zero-order chi connectivity index (χ0) is 18.4. The van der Waals surface area contributed by atoms with Crippen LogP contribution in [0.4, 0.5) is 0 Å². The lowest BCUT2D eigenvalue weighted by Gasteiger charge is -2.15. The van der Waals surface area contributed by atoms with Crippen LogP contribution in [0.3, 0.4) is 0 Å². The standard InChI is InChI=1S/C20H19N3O3/c1-21-8-7-12-10-23(2)18-15(12)19(25)16-14(9-22-17(16)20(18)26)11-3-5-13(24)6-4-11/h3-6,9-10,21-22,24H,7-8H2,1-2H3. The largest absolute Gasteiger partial charge is 0.508 e. The number of hydrogen-bond acceptors (Lipinski definition) is 4. The zero-order valence-corrected chi connectivity index (χ0v) is 14.6. The first-order valence-electron chi connectivity index (χ1n) is 8.46. The molecular formula is C20H19N3O3. The minimum Gasteiger partial charge on any atom is -0.508 e. The SMILES string of the molecule is CNCCc1cn(C)c2c1C(=O)c1c(-c3ccc(O)cc3)c[nH]c1C2=O. The van der Waals surface area contributed by atoms with Crippen molar-refractivity contribution in [2.75, 3.05) is 13.6 Å². The van der Waals surface area contributed by atoms with Crippen molar-refractivity contribution in [2.45, 2.75) is 6.42 Å². The van der Waals surface area contributed by atoms with Crippen LogP contribution in [-0.4, -0.2) is 39.8 Å². The van der Waals surface area contributed by atoms with Crippen molar-refractivity contribution in [2.24, 2.45) is 7.05 Å². The number of aromatic hydroxyl groups is 1. The van der Waals surface area contributed by atoms with Gasteiger partial charge in [-0.05, 0) is 43.3 Å². The molecule has 0 atom stereocenters. The summed E-state index contributed by atoms with van der Waals surface area (Å²) in [4.78, 5) is 29.3. The van der Waals surface area contributed by atoms with Gasteiger partial charge in [-0.15, -0.1) is 0 Å². The molecule has 0 aliphatic heterocycles. The van der Waals surface area contributed by atoms with E-state index in [1.54, 1.807) is 42.1 Å². The molecule has 0 spiro atoms. The second-order valence-corrected chi connectivity index (χ2v) is 6.50. The van der Waals surface area contributed by atoms with Gasteiger partial charge in [0.15, 0.2) is 5.78 Å². The first kappa shape index (κ1) is 16.4. The third kappa shape index (κ3) is 2.30. The molecule has 1 aliphatic carbocycles. The maximum atomic E-state index is 13.3. The molecule has 0 bridgehead atoms. The van der Waals surface area contributed by atoms with Gasteiger partial charge in [-0.25, -0.2) is 0 Å². The molecule has 0 saturated heterocycles. The highest BCUT2D eigenvalue weighted by molar-refractivity contribution is 6.30. The Bertz CT molecular complexity index is 1030. The molecule has 0 amide bonds. The number of aryl methyl sites for hydroxylation is 1. The molecule has 0 fully saturated rings. The number of fused-ring (bicyclic) bond motifs is 2. The summed E-state index contributed by atoms with van der Waals surface area (Å²) in [5.74, 6) is -0.149. The Morgan fingerprint density at radius 3 is 2.54 bits per heavy atom. The van der Waals surface area contributed by atoms with Gasteiger partial charge in [0.25, 0.3) is 0 Å². The third-order valence-electron chi connectivity index (χ3n) is 4.86. The number of ketones is 2. The number of carbonyl (C=O) groups is 2. The van der Waals surface area contributed by atoms with Gasteiger partial charge in [0.1, 0.15) is 17.1 Å². The van der Waals surface area contributed by atoms with E-state index >= 15 is 0 Å². The summed E-state index contributed by atoms with van der Waals surface area (Å²) in [5.41, 5.74) is 3.99. The Balaban J connectivity index is 1.88. The van der Waals surface area contributed by atoms with E-state index in [1.807, 2.05) is 13.2 Å². The highest BCUT2D eigenvalue weighted by Crippen LogP contribution is 2.36. The van der Waals surface area contributed by atoms with E-state index in [-0.39, 0.29) is 17.3 Å². The first-order chi connectivity index (χ1) is 12.5. The van der Waals surface area contributed by atoms with E-state index in [2.05, 4.69) is 10.3 Å². The number of aromatic nitrogens is 2. The van der Waals surface area contributed by atoms with Crippen LogP contribution in [-0.2, 0) is 13.5 Å². The van der Waals surface area contributed by atoms with Gasteiger partial charge >= 0.3 is 0 Å².